The Kier molecular flexibility index (Phi) is 6.49. The van der Waals surface area contributed by atoms with Crippen LogP contribution < -0.4 is 11.1 Å². The van der Waals surface area contributed by atoms with Crippen LogP contribution in [-0.2, 0) is 16.0 Å². The standard InChI is InChI=1S/C33H33N9O2/c1-2-30(43)40-18-20-15-23(19-40)44-29(16-20)37-26-9-6-21-17-22(7-8-24(21)26)42-32(25-5-3-12-35-31(25)34)38-27-10-11-28(39-33(27)42)41-14-4-13-36-41/h2-5,7-8,10-14,17,20,23,26,29,37H,1,6,9,15-16,18-19H2,(H2,34,35). The Morgan fingerprint density at radius 2 is 2.02 bits per heavy atom. The number of aromatic nitrogens is 6. The molecule has 4 atom stereocenters. The molecule has 222 valence electrons. The quantitative estimate of drug-likeness (QED) is 0.286. The molecule has 6 heterocycles. The van der Waals surface area contributed by atoms with Crippen molar-refractivity contribution >= 4 is 22.9 Å². The van der Waals surface area contributed by atoms with Crippen molar-refractivity contribution < 1.29 is 9.53 Å². The average Bonchev–Trinajstić information content (AvgIpc) is 3.79. The van der Waals surface area contributed by atoms with E-state index >= 15 is 0 Å². The average molecular weight is 588 g/mol. The SMILES string of the molecule is C=CC(=O)N1CC2CC(C1)OC(NC1CCc3cc(-n4c(-c5cccnc5N)nc5ccc(-n6cccn6)nc54)ccc31)C2. The summed E-state index contributed by atoms with van der Waals surface area (Å²) in [5.74, 6) is 2.22. The van der Waals surface area contributed by atoms with E-state index in [4.69, 9.17) is 20.4 Å². The molecule has 1 aliphatic carbocycles. The molecule has 1 aromatic carbocycles. The molecule has 4 unspecified atom stereocenters. The second kappa shape index (κ2) is 10.7. The minimum atomic E-state index is -0.0296. The highest BCUT2D eigenvalue weighted by molar-refractivity contribution is 5.87. The van der Waals surface area contributed by atoms with Crippen LogP contribution in [0.2, 0.25) is 0 Å². The van der Waals surface area contributed by atoms with E-state index in [0.29, 0.717) is 29.9 Å². The van der Waals surface area contributed by atoms with Crippen molar-refractivity contribution in [2.45, 2.75) is 44.1 Å². The number of anilines is 1. The number of benzene rings is 1. The number of aryl methyl sites for hydroxylation is 1. The van der Waals surface area contributed by atoms with Crippen LogP contribution in [0.25, 0.3) is 34.1 Å². The predicted molar refractivity (Wildman–Crippen MR) is 166 cm³/mol. The highest BCUT2D eigenvalue weighted by Gasteiger charge is 2.38. The number of likely N-dealkylation sites (tertiary alicyclic amines) is 1. The van der Waals surface area contributed by atoms with E-state index in [-0.39, 0.29) is 24.3 Å². The van der Waals surface area contributed by atoms with E-state index < -0.39 is 0 Å². The maximum absolute atomic E-state index is 12.2. The number of nitrogen functional groups attached to an aromatic ring is 1. The molecule has 2 aliphatic heterocycles. The number of piperidine rings is 1. The fraction of sp³-hybridized carbons (Fsp3) is 0.303. The summed E-state index contributed by atoms with van der Waals surface area (Å²) in [6.07, 6.45) is 10.5. The Hall–Kier alpha value is -4.87. The third kappa shape index (κ3) is 4.65. The van der Waals surface area contributed by atoms with Crippen LogP contribution in [0.15, 0.2) is 79.8 Å². The smallest absolute Gasteiger partial charge is 0.246 e. The van der Waals surface area contributed by atoms with Gasteiger partial charge in [0.25, 0.3) is 0 Å². The summed E-state index contributed by atoms with van der Waals surface area (Å²) < 4.78 is 10.2. The first-order chi connectivity index (χ1) is 21.5. The van der Waals surface area contributed by atoms with Crippen LogP contribution >= 0.6 is 0 Å². The number of nitrogens with one attached hydrogen (secondary N) is 1. The van der Waals surface area contributed by atoms with Crippen molar-refractivity contribution in [1.29, 1.82) is 0 Å². The Balaban J connectivity index is 1.11. The second-order valence-electron chi connectivity index (χ2n) is 11.8. The first-order valence-electron chi connectivity index (χ1n) is 15.1. The molecule has 3 N–H and O–H groups in total. The largest absolute Gasteiger partial charge is 0.383 e. The highest BCUT2D eigenvalue weighted by atomic mass is 16.5. The lowest BCUT2D eigenvalue weighted by molar-refractivity contribution is -0.149. The summed E-state index contributed by atoms with van der Waals surface area (Å²) in [7, 11) is 0. The molecule has 4 aromatic heterocycles. The highest BCUT2D eigenvalue weighted by Crippen LogP contribution is 2.38. The Labute approximate surface area is 254 Å². The number of carbonyl (C=O) groups is 1. The van der Waals surface area contributed by atoms with Crippen LogP contribution in [0.5, 0.6) is 0 Å². The maximum Gasteiger partial charge on any atom is 0.246 e. The van der Waals surface area contributed by atoms with Crippen molar-refractivity contribution in [2.75, 3.05) is 18.8 Å². The molecule has 5 aromatic rings. The van der Waals surface area contributed by atoms with Crippen LogP contribution in [0.4, 0.5) is 5.82 Å². The number of nitrogens with two attached hydrogens (primary N) is 1. The number of amides is 1. The zero-order valence-corrected chi connectivity index (χ0v) is 24.2. The molecule has 44 heavy (non-hydrogen) atoms. The Morgan fingerprint density at radius 3 is 2.84 bits per heavy atom. The molecule has 2 fully saturated rings. The summed E-state index contributed by atoms with van der Waals surface area (Å²) >= 11 is 0. The van der Waals surface area contributed by atoms with Gasteiger partial charge in [0.2, 0.25) is 5.91 Å². The first kappa shape index (κ1) is 26.7. The maximum atomic E-state index is 12.2. The number of hydrogen-bond acceptors (Lipinski definition) is 8. The van der Waals surface area contributed by atoms with Gasteiger partial charge in [0.15, 0.2) is 17.3 Å². The fourth-order valence-corrected chi connectivity index (χ4v) is 7.08. The van der Waals surface area contributed by atoms with E-state index in [1.807, 2.05) is 41.4 Å². The number of fused-ring (bicyclic) bond motifs is 4. The zero-order valence-electron chi connectivity index (χ0n) is 24.2. The van der Waals surface area contributed by atoms with Gasteiger partial charge in [-0.15, -0.1) is 0 Å². The normalized spacial score (nSPS) is 22.7. The van der Waals surface area contributed by atoms with Crippen molar-refractivity contribution in [3.8, 4) is 22.9 Å². The van der Waals surface area contributed by atoms with Gasteiger partial charge in [0, 0.05) is 43.4 Å². The summed E-state index contributed by atoms with van der Waals surface area (Å²) in [4.78, 5) is 28.3. The predicted octanol–water partition coefficient (Wildman–Crippen LogP) is 3.98. The second-order valence-corrected chi connectivity index (χ2v) is 11.8. The molecule has 11 nitrogen and oxygen atoms in total. The number of hydrogen-bond donors (Lipinski definition) is 2. The molecule has 0 saturated carbocycles. The number of rotatable bonds is 6. The number of carbonyl (C=O) groups excluding carboxylic acids is 1. The van der Waals surface area contributed by atoms with Gasteiger partial charge in [-0.3, -0.25) is 14.7 Å². The first-order valence-corrected chi connectivity index (χ1v) is 15.1. The lowest BCUT2D eigenvalue weighted by Crippen LogP contribution is -2.54. The minimum Gasteiger partial charge on any atom is -0.383 e. The van der Waals surface area contributed by atoms with E-state index in [2.05, 4.69) is 44.7 Å². The Morgan fingerprint density at radius 1 is 1.09 bits per heavy atom. The molecule has 0 spiro atoms. The molecule has 8 rings (SSSR count). The number of ether oxygens (including phenoxy) is 1. The van der Waals surface area contributed by atoms with Gasteiger partial charge < -0.3 is 15.4 Å². The van der Waals surface area contributed by atoms with Gasteiger partial charge >= 0.3 is 0 Å². The Bertz CT molecular complexity index is 1870. The molecule has 2 bridgehead atoms. The monoisotopic (exact) mass is 587 g/mol. The van der Waals surface area contributed by atoms with E-state index in [9.17, 15) is 4.79 Å². The van der Waals surface area contributed by atoms with E-state index in [0.717, 1.165) is 54.6 Å². The lowest BCUT2D eigenvalue weighted by atomic mass is 9.89. The third-order valence-electron chi connectivity index (χ3n) is 9.05. The van der Waals surface area contributed by atoms with Crippen molar-refractivity contribution in [2.24, 2.45) is 5.92 Å². The van der Waals surface area contributed by atoms with E-state index in [1.54, 1.807) is 17.1 Å². The molecule has 0 radical (unpaired) electrons. The van der Waals surface area contributed by atoms with E-state index in [1.165, 1.54) is 17.2 Å². The van der Waals surface area contributed by atoms with Crippen LogP contribution in [-0.4, -0.2) is 65.5 Å². The summed E-state index contributed by atoms with van der Waals surface area (Å²) in [6.45, 7) is 5.04. The minimum absolute atomic E-state index is 0.0110. The summed E-state index contributed by atoms with van der Waals surface area (Å²) in [5, 5.41) is 8.17. The van der Waals surface area contributed by atoms with Crippen molar-refractivity contribution in [3.05, 3.63) is 90.9 Å². The summed E-state index contributed by atoms with van der Waals surface area (Å²) in [6, 6.07) is 16.3. The van der Waals surface area contributed by atoms with Crippen LogP contribution in [0.3, 0.4) is 0 Å². The van der Waals surface area contributed by atoms with Gasteiger partial charge in [-0.2, -0.15) is 5.10 Å². The summed E-state index contributed by atoms with van der Waals surface area (Å²) in [5.41, 5.74) is 12.1. The topological polar surface area (TPSA) is 129 Å². The molecule has 3 aliphatic rings. The molecule has 1 amide bonds. The van der Waals surface area contributed by atoms with Crippen LogP contribution in [0, 0.1) is 5.92 Å². The van der Waals surface area contributed by atoms with Gasteiger partial charge in [-0.1, -0.05) is 12.6 Å². The fourth-order valence-electron chi connectivity index (χ4n) is 7.08. The number of imidazole rings is 1. The molecular weight excluding hydrogens is 554 g/mol. The van der Waals surface area contributed by atoms with Gasteiger partial charge in [-0.25, -0.2) is 19.6 Å². The lowest BCUT2D eigenvalue weighted by Gasteiger charge is -2.44. The molecular formula is C33H33N9O2. The molecule has 2 saturated heterocycles. The zero-order chi connectivity index (χ0) is 29.8. The molecule has 11 heteroatoms. The third-order valence-corrected chi connectivity index (χ3v) is 9.05. The van der Waals surface area contributed by atoms with Crippen LogP contribution in [0.1, 0.15) is 36.4 Å². The van der Waals surface area contributed by atoms with Crippen molar-refractivity contribution in [1.82, 2.24) is 39.5 Å². The van der Waals surface area contributed by atoms with Gasteiger partial charge in [0.1, 0.15) is 17.6 Å². The number of pyridine rings is 2. The van der Waals surface area contributed by atoms with Gasteiger partial charge in [0.05, 0.1) is 11.7 Å². The van der Waals surface area contributed by atoms with Crippen molar-refractivity contribution in [3.63, 3.8) is 0 Å². The number of nitrogens with zero attached hydrogens (tertiary/aromatic N) is 7. The van der Waals surface area contributed by atoms with Gasteiger partial charge in [-0.05, 0) is 91.3 Å².